The van der Waals surface area contributed by atoms with Crippen molar-refractivity contribution in [3.8, 4) is 0 Å². The maximum absolute atomic E-state index is 14.1. The lowest BCUT2D eigenvalue weighted by atomic mass is 10.0. The topological polar surface area (TPSA) is 86.4 Å². The largest absolute Gasteiger partial charge is 0.342 e. The summed E-state index contributed by atoms with van der Waals surface area (Å²) in [5.74, 6) is -0.0201. The molecule has 2 amide bonds. The highest BCUT2D eigenvalue weighted by Gasteiger charge is 2.34. The number of carbonyl (C=O) groups is 2. The van der Waals surface area contributed by atoms with Crippen LogP contribution in [-0.4, -0.2) is 51.2 Å². The van der Waals surface area contributed by atoms with Crippen LogP contribution in [0.15, 0.2) is 29.1 Å². The second-order valence-electron chi connectivity index (χ2n) is 9.08. The van der Waals surface area contributed by atoms with Gasteiger partial charge >= 0.3 is 0 Å². The Bertz CT molecular complexity index is 1110. The van der Waals surface area contributed by atoms with Gasteiger partial charge in [0.05, 0.1) is 17.8 Å². The number of hydrogen-bond donors (Lipinski definition) is 1. The standard InChI is InChI=1S/C24H27FN4O3/c25-19-8-4-3-7-17(19)24(32)29-12-10-18-20(14-29)26-21(27-22(18)30)16-9-11-28(13-16)23(31)15-5-1-2-6-15/h3-4,7-8,15-16H,1-2,5-6,9-14H2,(H,26,27,30)/t16-/m1/s1. The molecule has 1 saturated heterocycles. The van der Waals surface area contributed by atoms with E-state index in [0.29, 0.717) is 43.1 Å². The van der Waals surface area contributed by atoms with Crippen LogP contribution in [-0.2, 0) is 17.8 Å². The second-order valence-corrected chi connectivity index (χ2v) is 9.08. The Morgan fingerprint density at radius 1 is 1.06 bits per heavy atom. The summed E-state index contributed by atoms with van der Waals surface area (Å²) in [6.45, 7) is 1.77. The van der Waals surface area contributed by atoms with Crippen molar-refractivity contribution in [2.45, 2.75) is 51.0 Å². The van der Waals surface area contributed by atoms with Gasteiger partial charge in [-0.25, -0.2) is 9.37 Å². The highest BCUT2D eigenvalue weighted by molar-refractivity contribution is 5.94. The van der Waals surface area contributed by atoms with E-state index >= 15 is 0 Å². The van der Waals surface area contributed by atoms with Crippen LogP contribution in [0.5, 0.6) is 0 Å². The van der Waals surface area contributed by atoms with Gasteiger partial charge in [0.15, 0.2) is 0 Å². The highest BCUT2D eigenvalue weighted by Crippen LogP contribution is 2.31. The SMILES string of the molecule is O=C(c1ccccc1F)N1CCc2c(nc([C@@H]3CCN(C(=O)C4CCCC4)C3)[nH]c2=O)C1. The van der Waals surface area contributed by atoms with Crippen molar-refractivity contribution in [2.75, 3.05) is 19.6 Å². The van der Waals surface area contributed by atoms with Crippen LogP contribution in [0.2, 0.25) is 0 Å². The number of aromatic amines is 1. The van der Waals surface area contributed by atoms with Gasteiger partial charge in [-0.3, -0.25) is 14.4 Å². The van der Waals surface area contributed by atoms with Gasteiger partial charge in [-0.1, -0.05) is 25.0 Å². The van der Waals surface area contributed by atoms with Gasteiger partial charge < -0.3 is 14.8 Å². The molecule has 168 valence electrons. The van der Waals surface area contributed by atoms with E-state index in [1.165, 1.54) is 12.1 Å². The van der Waals surface area contributed by atoms with Crippen molar-refractivity contribution in [1.29, 1.82) is 0 Å². The van der Waals surface area contributed by atoms with Crippen LogP contribution >= 0.6 is 0 Å². The maximum atomic E-state index is 14.1. The molecule has 0 radical (unpaired) electrons. The average Bonchev–Trinajstić information content (AvgIpc) is 3.51. The number of hydrogen-bond acceptors (Lipinski definition) is 4. The van der Waals surface area contributed by atoms with Crippen LogP contribution in [0.3, 0.4) is 0 Å². The lowest BCUT2D eigenvalue weighted by Gasteiger charge is -2.28. The number of fused-ring (bicyclic) bond motifs is 1. The zero-order valence-corrected chi connectivity index (χ0v) is 18.0. The molecule has 2 aliphatic heterocycles. The first-order valence-electron chi connectivity index (χ1n) is 11.5. The summed E-state index contributed by atoms with van der Waals surface area (Å²) < 4.78 is 14.1. The van der Waals surface area contributed by atoms with Crippen LogP contribution in [0, 0.1) is 11.7 Å². The number of benzene rings is 1. The molecule has 2 aromatic rings. The fraction of sp³-hybridized carbons (Fsp3) is 0.500. The monoisotopic (exact) mass is 438 g/mol. The Hall–Kier alpha value is -3.03. The van der Waals surface area contributed by atoms with E-state index in [1.807, 2.05) is 4.90 Å². The minimum atomic E-state index is -0.555. The number of aromatic nitrogens is 2. The number of halogens is 1. The van der Waals surface area contributed by atoms with Gasteiger partial charge in [0, 0.05) is 37.0 Å². The highest BCUT2D eigenvalue weighted by atomic mass is 19.1. The van der Waals surface area contributed by atoms with E-state index in [-0.39, 0.29) is 35.4 Å². The van der Waals surface area contributed by atoms with Gasteiger partial charge in [0.25, 0.3) is 11.5 Å². The Morgan fingerprint density at radius 3 is 2.62 bits per heavy atom. The summed E-state index contributed by atoms with van der Waals surface area (Å²) in [5, 5.41) is 0. The summed E-state index contributed by atoms with van der Waals surface area (Å²) in [6, 6.07) is 5.92. The zero-order valence-electron chi connectivity index (χ0n) is 18.0. The summed E-state index contributed by atoms with van der Waals surface area (Å²) in [7, 11) is 0. The van der Waals surface area contributed by atoms with Crippen LogP contribution in [0.25, 0.3) is 0 Å². The van der Waals surface area contributed by atoms with E-state index in [0.717, 1.165) is 32.1 Å². The molecule has 1 aromatic carbocycles. The normalized spacial score (nSPS) is 21.1. The number of nitrogens with one attached hydrogen (secondary N) is 1. The van der Waals surface area contributed by atoms with Gasteiger partial charge in [0.1, 0.15) is 11.6 Å². The van der Waals surface area contributed by atoms with Crippen LogP contribution in [0.1, 0.15) is 65.5 Å². The first-order chi connectivity index (χ1) is 15.5. The van der Waals surface area contributed by atoms with Crippen molar-refractivity contribution in [3.63, 3.8) is 0 Å². The van der Waals surface area contributed by atoms with E-state index in [1.54, 1.807) is 17.0 Å². The quantitative estimate of drug-likeness (QED) is 0.798. The minimum absolute atomic E-state index is 0.0176. The molecule has 0 spiro atoms. The number of rotatable bonds is 3. The molecule has 3 aliphatic rings. The molecular weight excluding hydrogens is 411 g/mol. The van der Waals surface area contributed by atoms with Gasteiger partial charge in [-0.05, 0) is 37.8 Å². The average molecular weight is 439 g/mol. The molecule has 8 heteroatoms. The predicted molar refractivity (Wildman–Crippen MR) is 116 cm³/mol. The second kappa shape index (κ2) is 8.48. The molecule has 1 N–H and O–H groups in total. The number of carbonyl (C=O) groups excluding carboxylic acids is 2. The first-order valence-corrected chi connectivity index (χ1v) is 11.5. The van der Waals surface area contributed by atoms with Crippen molar-refractivity contribution in [1.82, 2.24) is 19.8 Å². The first kappa shape index (κ1) is 20.8. The lowest BCUT2D eigenvalue weighted by molar-refractivity contribution is -0.134. The molecule has 1 saturated carbocycles. The van der Waals surface area contributed by atoms with Crippen LogP contribution in [0.4, 0.5) is 4.39 Å². The third kappa shape index (κ3) is 3.82. The van der Waals surface area contributed by atoms with Crippen molar-refractivity contribution >= 4 is 11.8 Å². The summed E-state index contributed by atoms with van der Waals surface area (Å²) in [5.41, 5.74) is 1.00. The predicted octanol–water partition coefficient (Wildman–Crippen LogP) is 2.61. The smallest absolute Gasteiger partial charge is 0.257 e. The van der Waals surface area contributed by atoms with E-state index < -0.39 is 11.7 Å². The van der Waals surface area contributed by atoms with Crippen molar-refractivity contribution in [3.05, 3.63) is 63.1 Å². The van der Waals surface area contributed by atoms with Crippen molar-refractivity contribution < 1.29 is 14.0 Å². The van der Waals surface area contributed by atoms with Gasteiger partial charge in [0.2, 0.25) is 5.91 Å². The fourth-order valence-electron chi connectivity index (χ4n) is 5.25. The Kier molecular flexibility index (Phi) is 5.53. The number of likely N-dealkylation sites (tertiary alicyclic amines) is 1. The molecule has 2 fully saturated rings. The number of nitrogens with zero attached hydrogens (tertiary/aromatic N) is 3. The molecule has 32 heavy (non-hydrogen) atoms. The minimum Gasteiger partial charge on any atom is -0.342 e. The van der Waals surface area contributed by atoms with E-state index in [9.17, 15) is 18.8 Å². The lowest BCUT2D eigenvalue weighted by Crippen LogP contribution is -2.40. The fourth-order valence-corrected chi connectivity index (χ4v) is 5.25. The Labute approximate surface area is 185 Å². The summed E-state index contributed by atoms with van der Waals surface area (Å²) in [4.78, 5) is 49.4. The third-order valence-electron chi connectivity index (χ3n) is 7.07. The van der Waals surface area contributed by atoms with Crippen molar-refractivity contribution in [2.24, 2.45) is 5.92 Å². The molecule has 7 nitrogen and oxygen atoms in total. The Balaban J connectivity index is 1.33. The molecular formula is C24H27FN4O3. The molecule has 3 heterocycles. The molecule has 1 atom stereocenters. The Morgan fingerprint density at radius 2 is 1.84 bits per heavy atom. The third-order valence-corrected chi connectivity index (χ3v) is 7.07. The van der Waals surface area contributed by atoms with Crippen LogP contribution < -0.4 is 5.56 Å². The molecule has 0 unspecified atom stereocenters. The maximum Gasteiger partial charge on any atom is 0.257 e. The summed E-state index contributed by atoms with van der Waals surface area (Å²) >= 11 is 0. The number of H-pyrrole nitrogens is 1. The molecule has 1 aromatic heterocycles. The molecule has 1 aliphatic carbocycles. The zero-order chi connectivity index (χ0) is 22.2. The van der Waals surface area contributed by atoms with Gasteiger partial charge in [-0.15, -0.1) is 0 Å². The van der Waals surface area contributed by atoms with E-state index in [4.69, 9.17) is 4.98 Å². The van der Waals surface area contributed by atoms with Gasteiger partial charge in [-0.2, -0.15) is 0 Å². The number of amides is 2. The molecule has 0 bridgehead atoms. The molecule has 5 rings (SSSR count). The summed E-state index contributed by atoms with van der Waals surface area (Å²) in [6.07, 6.45) is 5.33. The van der Waals surface area contributed by atoms with E-state index in [2.05, 4.69) is 4.98 Å².